The van der Waals surface area contributed by atoms with Crippen LogP contribution in [0.1, 0.15) is 35.7 Å². The second-order valence-corrected chi connectivity index (χ2v) is 4.85. The van der Waals surface area contributed by atoms with E-state index < -0.39 is 0 Å². The van der Waals surface area contributed by atoms with Gasteiger partial charge in [0, 0.05) is 17.5 Å². The van der Waals surface area contributed by atoms with Crippen LogP contribution in [0.5, 0.6) is 5.75 Å². The van der Waals surface area contributed by atoms with Crippen molar-refractivity contribution in [3.8, 4) is 5.75 Å². The number of hydrogen-bond donors (Lipinski definition) is 1. The predicted molar refractivity (Wildman–Crippen MR) is 74.6 cm³/mol. The number of ether oxygens (including phenoxy) is 1. The molecular formula is C14H20ClNO2. The standard InChI is InChI=1S/C14H20ClNO2/c1-4-12(15)7-8-16-14(17)11-6-5-10(2)13(9-11)18-3/h5-6,9,12H,4,7-8H2,1-3H3,(H,16,17). The first kappa shape index (κ1) is 14.8. The summed E-state index contributed by atoms with van der Waals surface area (Å²) in [5.41, 5.74) is 1.63. The van der Waals surface area contributed by atoms with Crippen LogP contribution in [0.3, 0.4) is 0 Å². The van der Waals surface area contributed by atoms with Crippen molar-refractivity contribution >= 4 is 17.5 Å². The highest BCUT2D eigenvalue weighted by Crippen LogP contribution is 2.18. The average molecular weight is 270 g/mol. The molecule has 3 nitrogen and oxygen atoms in total. The number of halogens is 1. The van der Waals surface area contributed by atoms with Gasteiger partial charge in [0.1, 0.15) is 5.75 Å². The van der Waals surface area contributed by atoms with Crippen LogP contribution in [-0.4, -0.2) is 24.9 Å². The summed E-state index contributed by atoms with van der Waals surface area (Å²) < 4.78 is 5.19. The molecule has 1 amide bonds. The molecule has 100 valence electrons. The maximum Gasteiger partial charge on any atom is 0.251 e. The lowest BCUT2D eigenvalue weighted by molar-refractivity contribution is 0.0953. The first-order valence-corrected chi connectivity index (χ1v) is 6.59. The number of methoxy groups -OCH3 is 1. The lowest BCUT2D eigenvalue weighted by atomic mass is 10.1. The molecule has 0 spiro atoms. The van der Waals surface area contributed by atoms with Crippen molar-refractivity contribution in [3.63, 3.8) is 0 Å². The average Bonchev–Trinajstić information content (AvgIpc) is 2.38. The van der Waals surface area contributed by atoms with Gasteiger partial charge in [0.05, 0.1) is 7.11 Å². The second kappa shape index (κ2) is 7.27. The Bertz CT molecular complexity index is 407. The molecule has 0 aliphatic carbocycles. The van der Waals surface area contributed by atoms with E-state index in [0.717, 1.165) is 24.2 Å². The largest absolute Gasteiger partial charge is 0.496 e. The van der Waals surface area contributed by atoms with E-state index in [9.17, 15) is 4.79 Å². The number of nitrogens with one attached hydrogen (secondary N) is 1. The number of carbonyl (C=O) groups excluding carboxylic acids is 1. The minimum atomic E-state index is -0.0896. The molecular weight excluding hydrogens is 250 g/mol. The maximum absolute atomic E-state index is 11.9. The third-order valence-electron chi connectivity index (χ3n) is 2.86. The van der Waals surface area contributed by atoms with Crippen molar-refractivity contribution in [1.82, 2.24) is 5.32 Å². The number of amides is 1. The van der Waals surface area contributed by atoms with Crippen LogP contribution in [0.25, 0.3) is 0 Å². The Morgan fingerprint density at radius 2 is 2.22 bits per heavy atom. The molecule has 0 aliphatic heterocycles. The van der Waals surface area contributed by atoms with Gasteiger partial charge >= 0.3 is 0 Å². The van der Waals surface area contributed by atoms with E-state index in [1.165, 1.54) is 0 Å². The molecule has 0 saturated heterocycles. The van der Waals surface area contributed by atoms with Gasteiger partial charge < -0.3 is 10.1 Å². The van der Waals surface area contributed by atoms with Crippen molar-refractivity contribution in [2.75, 3.05) is 13.7 Å². The van der Waals surface area contributed by atoms with Gasteiger partial charge in [0.2, 0.25) is 0 Å². The summed E-state index contributed by atoms with van der Waals surface area (Å²) in [6.45, 7) is 4.57. The van der Waals surface area contributed by atoms with Gasteiger partial charge in [-0.25, -0.2) is 0 Å². The lowest BCUT2D eigenvalue weighted by Gasteiger charge is -2.10. The molecule has 1 rings (SSSR count). The van der Waals surface area contributed by atoms with E-state index in [-0.39, 0.29) is 11.3 Å². The second-order valence-electron chi connectivity index (χ2n) is 4.23. The summed E-state index contributed by atoms with van der Waals surface area (Å²) in [5, 5.41) is 2.98. The van der Waals surface area contributed by atoms with Crippen LogP contribution in [0, 0.1) is 6.92 Å². The van der Waals surface area contributed by atoms with Crippen molar-refractivity contribution in [2.24, 2.45) is 0 Å². The zero-order valence-corrected chi connectivity index (χ0v) is 11.9. The van der Waals surface area contributed by atoms with Crippen molar-refractivity contribution in [2.45, 2.75) is 32.1 Å². The Kier molecular flexibility index (Phi) is 5.99. The number of aryl methyl sites for hydroxylation is 1. The zero-order chi connectivity index (χ0) is 13.5. The van der Waals surface area contributed by atoms with Gasteiger partial charge in [-0.1, -0.05) is 13.0 Å². The highest BCUT2D eigenvalue weighted by atomic mass is 35.5. The van der Waals surface area contributed by atoms with Gasteiger partial charge in [-0.3, -0.25) is 4.79 Å². The van der Waals surface area contributed by atoms with E-state index >= 15 is 0 Å². The van der Waals surface area contributed by atoms with E-state index in [2.05, 4.69) is 5.32 Å². The molecule has 0 aliphatic rings. The number of carbonyl (C=O) groups is 1. The summed E-state index contributed by atoms with van der Waals surface area (Å²) in [4.78, 5) is 11.9. The van der Waals surface area contributed by atoms with Crippen LogP contribution in [0.4, 0.5) is 0 Å². The third-order valence-corrected chi connectivity index (χ3v) is 3.38. The van der Waals surface area contributed by atoms with Crippen molar-refractivity contribution in [1.29, 1.82) is 0 Å². The maximum atomic E-state index is 11.9. The Morgan fingerprint density at radius 1 is 1.50 bits per heavy atom. The zero-order valence-electron chi connectivity index (χ0n) is 11.1. The van der Waals surface area contributed by atoms with Crippen LogP contribution in [-0.2, 0) is 0 Å². The monoisotopic (exact) mass is 269 g/mol. The SMILES string of the molecule is CCC(Cl)CCNC(=O)c1ccc(C)c(OC)c1. The van der Waals surface area contributed by atoms with Gasteiger partial charge in [-0.2, -0.15) is 0 Å². The van der Waals surface area contributed by atoms with Crippen LogP contribution < -0.4 is 10.1 Å². The topological polar surface area (TPSA) is 38.3 Å². The minimum absolute atomic E-state index is 0.0896. The molecule has 4 heteroatoms. The molecule has 0 bridgehead atoms. The fourth-order valence-electron chi connectivity index (χ4n) is 1.61. The Morgan fingerprint density at radius 3 is 2.83 bits per heavy atom. The predicted octanol–water partition coefficient (Wildman–Crippen LogP) is 3.14. The lowest BCUT2D eigenvalue weighted by Crippen LogP contribution is -2.26. The number of hydrogen-bond acceptors (Lipinski definition) is 2. The van der Waals surface area contributed by atoms with Gasteiger partial charge in [-0.15, -0.1) is 11.6 Å². The molecule has 0 aromatic heterocycles. The molecule has 1 atom stereocenters. The molecule has 1 N–H and O–H groups in total. The van der Waals surface area contributed by atoms with Gasteiger partial charge in [-0.05, 0) is 37.5 Å². The fourth-order valence-corrected chi connectivity index (χ4v) is 1.72. The molecule has 0 radical (unpaired) electrons. The number of benzene rings is 1. The summed E-state index contributed by atoms with van der Waals surface area (Å²) in [7, 11) is 1.60. The Labute approximate surface area is 113 Å². The van der Waals surface area contributed by atoms with Crippen molar-refractivity contribution < 1.29 is 9.53 Å². The quantitative estimate of drug-likeness (QED) is 0.806. The van der Waals surface area contributed by atoms with E-state index in [1.807, 2.05) is 19.9 Å². The molecule has 0 heterocycles. The van der Waals surface area contributed by atoms with Crippen molar-refractivity contribution in [3.05, 3.63) is 29.3 Å². The smallest absolute Gasteiger partial charge is 0.251 e. The molecule has 1 aromatic carbocycles. The van der Waals surface area contributed by atoms with Crippen LogP contribution >= 0.6 is 11.6 Å². The normalized spacial score (nSPS) is 12.0. The Balaban J connectivity index is 2.56. The molecule has 1 unspecified atom stereocenters. The summed E-state index contributed by atoms with van der Waals surface area (Å²) in [6, 6.07) is 5.43. The van der Waals surface area contributed by atoms with Crippen LogP contribution in [0.15, 0.2) is 18.2 Å². The first-order chi connectivity index (χ1) is 8.58. The summed E-state index contributed by atoms with van der Waals surface area (Å²) >= 11 is 5.99. The summed E-state index contributed by atoms with van der Waals surface area (Å²) in [6.07, 6.45) is 1.70. The summed E-state index contributed by atoms with van der Waals surface area (Å²) in [5.74, 6) is 0.639. The highest BCUT2D eigenvalue weighted by molar-refractivity contribution is 6.20. The van der Waals surface area contributed by atoms with Gasteiger partial charge in [0.25, 0.3) is 5.91 Å². The van der Waals surface area contributed by atoms with Gasteiger partial charge in [0.15, 0.2) is 0 Å². The molecule has 0 fully saturated rings. The number of alkyl halides is 1. The molecule has 1 aromatic rings. The van der Waals surface area contributed by atoms with E-state index in [1.54, 1.807) is 19.2 Å². The Hall–Kier alpha value is -1.22. The van der Waals surface area contributed by atoms with E-state index in [0.29, 0.717) is 12.1 Å². The molecule has 0 saturated carbocycles. The first-order valence-electron chi connectivity index (χ1n) is 6.15. The van der Waals surface area contributed by atoms with E-state index in [4.69, 9.17) is 16.3 Å². The highest BCUT2D eigenvalue weighted by Gasteiger charge is 2.09. The van der Waals surface area contributed by atoms with Crippen LogP contribution in [0.2, 0.25) is 0 Å². The minimum Gasteiger partial charge on any atom is -0.496 e. The number of rotatable bonds is 6. The molecule has 18 heavy (non-hydrogen) atoms. The fraction of sp³-hybridized carbons (Fsp3) is 0.500. The third kappa shape index (κ3) is 4.22.